The quantitative estimate of drug-likeness (QED) is 0.313. The van der Waals surface area contributed by atoms with Crippen LogP contribution in [0.15, 0.2) is 47.6 Å². The van der Waals surface area contributed by atoms with E-state index in [1.165, 1.54) is 0 Å². The van der Waals surface area contributed by atoms with Gasteiger partial charge in [-0.05, 0) is 44.0 Å². The Morgan fingerprint density at radius 2 is 2.10 bits per heavy atom. The van der Waals surface area contributed by atoms with Crippen LogP contribution in [0, 0.1) is 0 Å². The molecule has 2 heterocycles. The molecule has 1 aliphatic rings. The zero-order valence-electron chi connectivity index (χ0n) is 17.9. The summed E-state index contributed by atoms with van der Waals surface area (Å²) in [7, 11) is 1.72. The summed E-state index contributed by atoms with van der Waals surface area (Å²) in [5, 5.41) is 6.92. The second-order valence-corrected chi connectivity index (χ2v) is 6.88. The van der Waals surface area contributed by atoms with Gasteiger partial charge in [-0.1, -0.05) is 12.1 Å². The van der Waals surface area contributed by atoms with Crippen molar-refractivity contribution >= 4 is 35.6 Å². The maximum atomic E-state index is 5.51. The average molecular weight is 525 g/mol. The Hall–Kier alpha value is -2.23. The fourth-order valence-corrected chi connectivity index (χ4v) is 3.45. The standard InChI is InChI=1S/C22H31N5O2.HI/c1-4-23-22(25-15-17-10-12-24-21(14-17)29-5-2)26-18-11-13-27(16-18)19-8-6-7-9-20(19)28-3;/h6-10,12,14,18H,4-5,11,13,15-16H2,1-3H3,(H2,23,25,26);1H. The molecule has 1 aromatic carbocycles. The lowest BCUT2D eigenvalue weighted by Crippen LogP contribution is -2.44. The Labute approximate surface area is 196 Å². The maximum Gasteiger partial charge on any atom is 0.213 e. The highest BCUT2D eigenvalue weighted by molar-refractivity contribution is 14.0. The molecule has 0 aliphatic carbocycles. The summed E-state index contributed by atoms with van der Waals surface area (Å²) in [6.07, 6.45) is 2.81. The minimum atomic E-state index is 0. The lowest BCUT2D eigenvalue weighted by molar-refractivity contribution is 0.326. The minimum absolute atomic E-state index is 0. The third kappa shape index (κ3) is 6.65. The summed E-state index contributed by atoms with van der Waals surface area (Å²) < 4.78 is 11.0. The third-order valence-corrected chi connectivity index (χ3v) is 4.81. The molecule has 0 spiro atoms. The van der Waals surface area contributed by atoms with Gasteiger partial charge in [-0.15, -0.1) is 24.0 Å². The smallest absolute Gasteiger partial charge is 0.213 e. The molecular formula is C22H32IN5O2. The van der Waals surface area contributed by atoms with Gasteiger partial charge in [0.15, 0.2) is 5.96 Å². The molecule has 1 atom stereocenters. The van der Waals surface area contributed by atoms with E-state index in [2.05, 4.69) is 39.6 Å². The molecule has 2 aromatic rings. The lowest BCUT2D eigenvalue weighted by atomic mass is 10.2. The highest BCUT2D eigenvalue weighted by atomic mass is 127. The van der Waals surface area contributed by atoms with Crippen LogP contribution in [0.2, 0.25) is 0 Å². The summed E-state index contributed by atoms with van der Waals surface area (Å²) >= 11 is 0. The first kappa shape index (κ1) is 24.0. The van der Waals surface area contributed by atoms with Crippen LogP contribution in [0.4, 0.5) is 5.69 Å². The zero-order valence-corrected chi connectivity index (χ0v) is 20.3. The molecular weight excluding hydrogens is 493 g/mol. The van der Waals surface area contributed by atoms with Crippen LogP contribution in [0.1, 0.15) is 25.8 Å². The first-order valence-corrected chi connectivity index (χ1v) is 10.2. The zero-order chi connectivity index (χ0) is 20.5. The van der Waals surface area contributed by atoms with Crippen LogP contribution in [0.3, 0.4) is 0 Å². The van der Waals surface area contributed by atoms with Crippen LogP contribution >= 0.6 is 24.0 Å². The first-order chi connectivity index (χ1) is 14.2. The number of nitrogens with one attached hydrogen (secondary N) is 2. The Morgan fingerprint density at radius 1 is 1.27 bits per heavy atom. The Bertz CT molecular complexity index is 818. The fraction of sp³-hybridized carbons (Fsp3) is 0.455. The largest absolute Gasteiger partial charge is 0.495 e. The molecule has 1 saturated heterocycles. The van der Waals surface area contributed by atoms with E-state index < -0.39 is 0 Å². The van der Waals surface area contributed by atoms with Crippen LogP contribution in [-0.4, -0.2) is 50.3 Å². The topological polar surface area (TPSA) is 71.0 Å². The van der Waals surface area contributed by atoms with Gasteiger partial charge in [0.1, 0.15) is 5.75 Å². The van der Waals surface area contributed by atoms with Crippen molar-refractivity contribution in [3.05, 3.63) is 48.2 Å². The Morgan fingerprint density at radius 3 is 2.87 bits per heavy atom. The fourth-order valence-electron chi connectivity index (χ4n) is 3.45. The molecule has 8 heteroatoms. The summed E-state index contributed by atoms with van der Waals surface area (Å²) in [5.74, 6) is 2.38. The average Bonchev–Trinajstić information content (AvgIpc) is 3.21. The molecule has 1 aromatic heterocycles. The summed E-state index contributed by atoms with van der Waals surface area (Å²) in [6.45, 7) is 7.92. The van der Waals surface area contributed by atoms with Crippen LogP contribution < -0.4 is 25.0 Å². The van der Waals surface area contributed by atoms with Crippen LogP contribution in [0.5, 0.6) is 11.6 Å². The number of para-hydroxylation sites is 2. The van der Waals surface area contributed by atoms with Crippen molar-refractivity contribution in [1.29, 1.82) is 0 Å². The number of pyridine rings is 1. The van der Waals surface area contributed by atoms with E-state index in [1.807, 2.05) is 31.2 Å². The van der Waals surface area contributed by atoms with E-state index in [1.54, 1.807) is 13.3 Å². The molecule has 7 nitrogen and oxygen atoms in total. The highest BCUT2D eigenvalue weighted by Crippen LogP contribution is 2.30. The third-order valence-electron chi connectivity index (χ3n) is 4.81. The van der Waals surface area contributed by atoms with Gasteiger partial charge in [-0.2, -0.15) is 0 Å². The molecule has 0 saturated carbocycles. The van der Waals surface area contributed by atoms with Gasteiger partial charge in [-0.25, -0.2) is 9.98 Å². The van der Waals surface area contributed by atoms with Crippen molar-refractivity contribution in [2.45, 2.75) is 32.9 Å². The highest BCUT2D eigenvalue weighted by Gasteiger charge is 2.25. The SMILES string of the molecule is CCNC(=NCc1ccnc(OCC)c1)NC1CCN(c2ccccc2OC)C1.I. The molecule has 3 rings (SSSR count). The molecule has 164 valence electrons. The van der Waals surface area contributed by atoms with E-state index in [0.717, 1.165) is 49.0 Å². The first-order valence-electron chi connectivity index (χ1n) is 10.2. The summed E-state index contributed by atoms with van der Waals surface area (Å²) in [5.41, 5.74) is 2.21. The number of hydrogen-bond acceptors (Lipinski definition) is 5. The van der Waals surface area contributed by atoms with Crippen molar-refractivity contribution in [2.75, 3.05) is 38.3 Å². The van der Waals surface area contributed by atoms with Gasteiger partial charge >= 0.3 is 0 Å². The molecule has 1 fully saturated rings. The number of aromatic nitrogens is 1. The molecule has 0 amide bonds. The van der Waals surface area contributed by atoms with Gasteiger partial charge in [0.2, 0.25) is 5.88 Å². The number of hydrogen-bond donors (Lipinski definition) is 2. The van der Waals surface area contributed by atoms with E-state index in [0.29, 0.717) is 25.1 Å². The molecule has 2 N–H and O–H groups in total. The van der Waals surface area contributed by atoms with Gasteiger partial charge in [0.25, 0.3) is 0 Å². The second kappa shape index (κ2) is 12.5. The number of ether oxygens (including phenoxy) is 2. The van der Waals surface area contributed by atoms with E-state index in [4.69, 9.17) is 14.5 Å². The number of aliphatic imine (C=N–C) groups is 1. The summed E-state index contributed by atoms with van der Waals surface area (Å²) in [6, 6.07) is 12.4. The summed E-state index contributed by atoms with van der Waals surface area (Å²) in [4.78, 5) is 11.3. The van der Waals surface area contributed by atoms with Crippen molar-refractivity contribution in [3.8, 4) is 11.6 Å². The van der Waals surface area contributed by atoms with E-state index >= 15 is 0 Å². The molecule has 0 radical (unpaired) electrons. The van der Waals surface area contributed by atoms with Crippen LogP contribution in [0.25, 0.3) is 0 Å². The van der Waals surface area contributed by atoms with Crippen molar-refractivity contribution < 1.29 is 9.47 Å². The number of benzene rings is 1. The van der Waals surface area contributed by atoms with Gasteiger partial charge in [-0.3, -0.25) is 0 Å². The van der Waals surface area contributed by atoms with Crippen LogP contribution in [-0.2, 0) is 6.54 Å². The monoisotopic (exact) mass is 525 g/mol. The number of halogens is 1. The Balaban J connectivity index is 0.00000320. The molecule has 1 aliphatic heterocycles. The van der Waals surface area contributed by atoms with Crippen molar-refractivity contribution in [3.63, 3.8) is 0 Å². The number of rotatable bonds is 8. The lowest BCUT2D eigenvalue weighted by Gasteiger charge is -2.22. The second-order valence-electron chi connectivity index (χ2n) is 6.88. The van der Waals surface area contributed by atoms with Crippen molar-refractivity contribution in [1.82, 2.24) is 15.6 Å². The maximum absolute atomic E-state index is 5.51. The van der Waals surface area contributed by atoms with E-state index in [9.17, 15) is 0 Å². The number of guanidine groups is 1. The molecule has 1 unspecified atom stereocenters. The minimum Gasteiger partial charge on any atom is -0.495 e. The van der Waals surface area contributed by atoms with E-state index in [-0.39, 0.29) is 24.0 Å². The number of nitrogens with zero attached hydrogens (tertiary/aromatic N) is 3. The number of methoxy groups -OCH3 is 1. The molecule has 30 heavy (non-hydrogen) atoms. The Kier molecular flexibility index (Phi) is 9.99. The predicted octanol–water partition coefficient (Wildman–Crippen LogP) is 3.44. The normalized spacial score (nSPS) is 16.0. The number of anilines is 1. The van der Waals surface area contributed by atoms with Gasteiger partial charge < -0.3 is 25.0 Å². The predicted molar refractivity (Wildman–Crippen MR) is 132 cm³/mol. The van der Waals surface area contributed by atoms with Crippen molar-refractivity contribution in [2.24, 2.45) is 4.99 Å². The van der Waals surface area contributed by atoms with Gasteiger partial charge in [0, 0.05) is 37.9 Å². The molecule has 0 bridgehead atoms. The van der Waals surface area contributed by atoms with Gasteiger partial charge in [0.05, 0.1) is 25.9 Å².